The average molecular weight is 196 g/mol. The molecule has 2 aliphatic carbocycles. The molecule has 0 aromatic rings. The fourth-order valence-electron chi connectivity index (χ4n) is 2.81. The molecule has 2 saturated carbocycles. The first kappa shape index (κ1) is 9.84. The molecule has 1 N–H and O–H groups in total. The summed E-state index contributed by atoms with van der Waals surface area (Å²) < 4.78 is 0. The summed E-state index contributed by atoms with van der Waals surface area (Å²) in [7, 11) is 0. The second-order valence-electron chi connectivity index (χ2n) is 4.75. The summed E-state index contributed by atoms with van der Waals surface area (Å²) in [6.07, 6.45) is 3.47. The highest BCUT2D eigenvalue weighted by Gasteiger charge is 2.60. The lowest BCUT2D eigenvalue weighted by molar-refractivity contribution is -0.152. The van der Waals surface area contributed by atoms with Crippen LogP contribution in [0.3, 0.4) is 0 Å². The molecule has 2 rings (SSSR count). The van der Waals surface area contributed by atoms with E-state index in [1.165, 1.54) is 0 Å². The van der Waals surface area contributed by atoms with Gasteiger partial charge in [0.2, 0.25) is 0 Å². The Labute approximate surface area is 83.5 Å². The van der Waals surface area contributed by atoms with Gasteiger partial charge in [-0.05, 0) is 32.6 Å². The number of hydrogen-bond acceptors (Lipinski definition) is 3. The minimum absolute atomic E-state index is 0.0725. The lowest BCUT2D eigenvalue weighted by atomic mass is 9.71. The third-order valence-corrected chi connectivity index (χ3v) is 4.03. The molecule has 0 bridgehead atoms. The molecule has 14 heavy (non-hydrogen) atoms. The zero-order valence-corrected chi connectivity index (χ0v) is 8.51. The molecule has 0 heterocycles. The van der Waals surface area contributed by atoms with Crippen LogP contribution in [0.4, 0.5) is 0 Å². The molecule has 0 aliphatic heterocycles. The van der Waals surface area contributed by atoms with Crippen LogP contribution in [0.25, 0.3) is 0 Å². The van der Waals surface area contributed by atoms with Crippen LogP contribution in [0.15, 0.2) is 0 Å². The smallest absolute Gasteiger partial charge is 0.165 e. The van der Waals surface area contributed by atoms with Gasteiger partial charge in [0.1, 0.15) is 11.4 Å². The van der Waals surface area contributed by atoms with E-state index in [9.17, 15) is 14.7 Å². The third kappa shape index (κ3) is 1.02. The van der Waals surface area contributed by atoms with E-state index in [1.54, 1.807) is 6.92 Å². The summed E-state index contributed by atoms with van der Waals surface area (Å²) in [5.41, 5.74) is -2.14. The van der Waals surface area contributed by atoms with Crippen LogP contribution in [0, 0.1) is 5.41 Å². The van der Waals surface area contributed by atoms with Crippen molar-refractivity contribution < 1.29 is 14.7 Å². The minimum atomic E-state index is -1.35. The first-order valence-electron chi connectivity index (χ1n) is 5.30. The minimum Gasteiger partial charge on any atom is -0.381 e. The number of fused-ring (bicyclic) bond motifs is 1. The highest BCUT2D eigenvalue weighted by atomic mass is 16.3. The standard InChI is InChI=1S/C11H16O3/c1-10-7-5-9(13)11(10,14)6-3-2-4-8(10)12/h14H,2-7H2,1H3/t10-,11+/m0/s1. The summed E-state index contributed by atoms with van der Waals surface area (Å²) >= 11 is 0. The largest absolute Gasteiger partial charge is 0.381 e. The fraction of sp³-hybridized carbons (Fsp3) is 0.818. The highest BCUT2D eigenvalue weighted by molar-refractivity contribution is 6.00. The van der Waals surface area contributed by atoms with Crippen LogP contribution in [0.2, 0.25) is 0 Å². The maximum atomic E-state index is 11.9. The van der Waals surface area contributed by atoms with Gasteiger partial charge in [-0.1, -0.05) is 0 Å². The number of aliphatic hydroxyl groups is 1. The van der Waals surface area contributed by atoms with Crippen molar-refractivity contribution in [1.82, 2.24) is 0 Å². The molecule has 0 aromatic heterocycles. The molecule has 3 heteroatoms. The van der Waals surface area contributed by atoms with Gasteiger partial charge in [0.25, 0.3) is 0 Å². The van der Waals surface area contributed by atoms with Gasteiger partial charge in [-0.2, -0.15) is 0 Å². The first-order valence-corrected chi connectivity index (χ1v) is 5.30. The van der Waals surface area contributed by atoms with Crippen molar-refractivity contribution in [2.75, 3.05) is 0 Å². The molecule has 0 radical (unpaired) electrons. The van der Waals surface area contributed by atoms with Crippen molar-refractivity contribution >= 4 is 11.6 Å². The molecule has 2 atom stereocenters. The quantitative estimate of drug-likeness (QED) is 0.634. The molecular formula is C11H16O3. The Kier molecular flexibility index (Phi) is 2.03. The number of ketones is 2. The zero-order valence-electron chi connectivity index (χ0n) is 8.51. The predicted molar refractivity (Wildman–Crippen MR) is 50.8 cm³/mol. The highest BCUT2D eigenvalue weighted by Crippen LogP contribution is 2.49. The molecule has 0 saturated heterocycles. The maximum Gasteiger partial charge on any atom is 0.165 e. The van der Waals surface area contributed by atoms with Crippen LogP contribution in [0.5, 0.6) is 0 Å². The van der Waals surface area contributed by atoms with Gasteiger partial charge in [-0.15, -0.1) is 0 Å². The number of rotatable bonds is 0. The van der Waals surface area contributed by atoms with Gasteiger partial charge < -0.3 is 5.11 Å². The molecule has 2 fully saturated rings. The van der Waals surface area contributed by atoms with E-state index in [0.717, 1.165) is 12.8 Å². The van der Waals surface area contributed by atoms with Crippen molar-refractivity contribution in [1.29, 1.82) is 0 Å². The molecule has 3 nitrogen and oxygen atoms in total. The van der Waals surface area contributed by atoms with E-state index < -0.39 is 11.0 Å². The Morgan fingerprint density at radius 1 is 1.07 bits per heavy atom. The maximum absolute atomic E-state index is 11.9. The van der Waals surface area contributed by atoms with E-state index >= 15 is 0 Å². The first-order chi connectivity index (χ1) is 6.51. The lowest BCUT2D eigenvalue weighted by Gasteiger charge is -2.35. The van der Waals surface area contributed by atoms with Gasteiger partial charge in [-0.25, -0.2) is 0 Å². The molecule has 0 amide bonds. The van der Waals surface area contributed by atoms with Gasteiger partial charge in [0.15, 0.2) is 5.78 Å². The van der Waals surface area contributed by atoms with Crippen molar-refractivity contribution in [3.8, 4) is 0 Å². The van der Waals surface area contributed by atoms with Gasteiger partial charge in [0.05, 0.1) is 5.41 Å². The van der Waals surface area contributed by atoms with E-state index in [-0.39, 0.29) is 11.6 Å². The normalized spacial score (nSPS) is 43.6. The van der Waals surface area contributed by atoms with E-state index in [0.29, 0.717) is 25.7 Å². The summed E-state index contributed by atoms with van der Waals surface area (Å²) in [4.78, 5) is 23.5. The molecule has 0 spiro atoms. The molecular weight excluding hydrogens is 180 g/mol. The monoisotopic (exact) mass is 196 g/mol. The van der Waals surface area contributed by atoms with Gasteiger partial charge in [-0.3, -0.25) is 9.59 Å². The number of hydrogen-bond donors (Lipinski definition) is 1. The Bertz CT molecular complexity index is 295. The summed E-state index contributed by atoms with van der Waals surface area (Å²) in [6, 6.07) is 0. The molecule has 2 aliphatic rings. The second-order valence-corrected chi connectivity index (χ2v) is 4.75. The Morgan fingerprint density at radius 3 is 2.50 bits per heavy atom. The number of Topliss-reactive ketones (excluding diaryl/α,β-unsaturated/α-hetero) is 2. The zero-order chi connectivity index (χ0) is 10.4. The second kappa shape index (κ2) is 2.89. The van der Waals surface area contributed by atoms with Crippen LogP contribution in [-0.2, 0) is 9.59 Å². The molecule has 0 unspecified atom stereocenters. The predicted octanol–water partition coefficient (Wildman–Crippen LogP) is 1.23. The van der Waals surface area contributed by atoms with E-state index in [4.69, 9.17) is 0 Å². The van der Waals surface area contributed by atoms with Crippen LogP contribution >= 0.6 is 0 Å². The van der Waals surface area contributed by atoms with Crippen LogP contribution < -0.4 is 0 Å². The van der Waals surface area contributed by atoms with Gasteiger partial charge >= 0.3 is 0 Å². The Balaban J connectivity index is 2.45. The van der Waals surface area contributed by atoms with E-state index in [2.05, 4.69) is 0 Å². The topological polar surface area (TPSA) is 54.4 Å². The van der Waals surface area contributed by atoms with Gasteiger partial charge in [0, 0.05) is 12.8 Å². The Morgan fingerprint density at radius 2 is 1.79 bits per heavy atom. The molecule has 0 aromatic carbocycles. The van der Waals surface area contributed by atoms with E-state index in [1.807, 2.05) is 0 Å². The summed E-state index contributed by atoms with van der Waals surface area (Å²) in [5.74, 6) is -0.0569. The fourth-order valence-corrected chi connectivity index (χ4v) is 2.81. The number of carbonyl (C=O) groups is 2. The lowest BCUT2D eigenvalue weighted by Crippen LogP contribution is -2.50. The third-order valence-electron chi connectivity index (χ3n) is 4.03. The van der Waals surface area contributed by atoms with Crippen LogP contribution in [0.1, 0.15) is 45.4 Å². The summed E-state index contributed by atoms with van der Waals surface area (Å²) in [6.45, 7) is 1.76. The Hall–Kier alpha value is -0.700. The van der Waals surface area contributed by atoms with Crippen molar-refractivity contribution in [2.45, 2.75) is 51.0 Å². The van der Waals surface area contributed by atoms with Crippen LogP contribution in [-0.4, -0.2) is 22.3 Å². The molecule has 78 valence electrons. The van der Waals surface area contributed by atoms with Crippen molar-refractivity contribution in [3.05, 3.63) is 0 Å². The number of carbonyl (C=O) groups excluding carboxylic acids is 2. The van der Waals surface area contributed by atoms with Crippen molar-refractivity contribution in [2.24, 2.45) is 5.41 Å². The summed E-state index contributed by atoms with van der Waals surface area (Å²) in [5, 5.41) is 10.3. The average Bonchev–Trinajstić information content (AvgIpc) is 2.31. The SMILES string of the molecule is C[C@@]12CCC(=O)[C@]1(O)CCCCC2=O. The van der Waals surface area contributed by atoms with Crippen molar-refractivity contribution in [3.63, 3.8) is 0 Å².